The van der Waals surface area contributed by atoms with Crippen LogP contribution in [0.1, 0.15) is 50.2 Å². The van der Waals surface area contributed by atoms with Gasteiger partial charge in [0.05, 0.1) is 15.7 Å². The van der Waals surface area contributed by atoms with E-state index in [4.69, 9.17) is 28.9 Å². The van der Waals surface area contributed by atoms with Gasteiger partial charge in [0.25, 0.3) is 0 Å². The van der Waals surface area contributed by atoms with Crippen molar-refractivity contribution in [3.8, 4) is 11.3 Å². The van der Waals surface area contributed by atoms with E-state index in [2.05, 4.69) is 37.0 Å². The van der Waals surface area contributed by atoms with Gasteiger partial charge >= 0.3 is 0 Å². The van der Waals surface area contributed by atoms with E-state index < -0.39 is 0 Å². The molecule has 0 saturated heterocycles. The van der Waals surface area contributed by atoms with Crippen LogP contribution in [0.3, 0.4) is 0 Å². The number of aryl methyl sites for hydroxylation is 1. The molecule has 0 saturated carbocycles. The highest BCUT2D eigenvalue weighted by atomic mass is 35.5. The maximum Gasteiger partial charge on any atom is 0.0527 e. The smallest absolute Gasteiger partial charge is 0.0527 e. The molecule has 0 spiro atoms. The summed E-state index contributed by atoms with van der Waals surface area (Å²) in [5, 5.41) is 2.62. The minimum Gasteiger partial charge on any atom is -0.354 e. The van der Waals surface area contributed by atoms with Crippen molar-refractivity contribution in [3.63, 3.8) is 0 Å². The van der Waals surface area contributed by atoms with Crippen molar-refractivity contribution < 1.29 is 0 Å². The van der Waals surface area contributed by atoms with Gasteiger partial charge in [-0.25, -0.2) is 0 Å². The molecule has 0 radical (unpaired) electrons. The molecule has 3 rings (SSSR count). The fourth-order valence-electron chi connectivity index (χ4n) is 3.58. The number of nitrogens with one attached hydrogen (secondary N) is 1. The predicted molar refractivity (Wildman–Crippen MR) is 114 cm³/mol. The maximum atomic E-state index is 6.53. The molecule has 0 fully saturated rings. The van der Waals surface area contributed by atoms with Gasteiger partial charge in [0.15, 0.2) is 0 Å². The molecule has 0 aliphatic carbocycles. The van der Waals surface area contributed by atoms with Gasteiger partial charge in [0.1, 0.15) is 0 Å². The molecule has 1 atom stereocenters. The highest BCUT2D eigenvalue weighted by Crippen LogP contribution is 2.41. The van der Waals surface area contributed by atoms with Gasteiger partial charge in [-0.2, -0.15) is 0 Å². The Bertz CT molecular complexity index is 878. The van der Waals surface area contributed by atoms with Gasteiger partial charge in [0, 0.05) is 16.5 Å². The molecule has 0 bridgehead atoms. The fourth-order valence-corrected chi connectivity index (χ4v) is 4.17. The van der Waals surface area contributed by atoms with Crippen LogP contribution in [0.25, 0.3) is 22.2 Å². The molecular formula is C22H26Cl2N2. The van der Waals surface area contributed by atoms with E-state index in [0.29, 0.717) is 22.5 Å². The molecule has 0 aliphatic rings. The van der Waals surface area contributed by atoms with E-state index in [1.54, 1.807) is 0 Å². The Hall–Kier alpha value is -1.48. The molecule has 2 nitrogen and oxygen atoms in total. The van der Waals surface area contributed by atoms with E-state index in [-0.39, 0.29) is 0 Å². The van der Waals surface area contributed by atoms with E-state index >= 15 is 0 Å². The SMILES string of the molecule is CCC(C)c1cccc2c(CCCCN)c(-c3c(Cl)cccc3Cl)[nH]c12. The first-order chi connectivity index (χ1) is 12.6. The third-order valence-corrected chi connectivity index (χ3v) is 5.84. The Kier molecular flexibility index (Phi) is 6.29. The average molecular weight is 389 g/mol. The lowest BCUT2D eigenvalue weighted by Gasteiger charge is -2.10. The van der Waals surface area contributed by atoms with Gasteiger partial charge in [-0.3, -0.25) is 0 Å². The molecule has 4 heteroatoms. The number of rotatable bonds is 7. The highest BCUT2D eigenvalue weighted by Gasteiger charge is 2.20. The summed E-state index contributed by atoms with van der Waals surface area (Å²) in [7, 11) is 0. The number of unbranched alkanes of at least 4 members (excludes halogenated alkanes) is 1. The number of nitrogens with two attached hydrogens (primary N) is 1. The van der Waals surface area contributed by atoms with Crippen molar-refractivity contribution in [2.24, 2.45) is 5.73 Å². The molecular weight excluding hydrogens is 363 g/mol. The van der Waals surface area contributed by atoms with Crippen LogP contribution in [0.5, 0.6) is 0 Å². The number of para-hydroxylation sites is 1. The second-order valence-corrected chi connectivity index (χ2v) is 7.71. The van der Waals surface area contributed by atoms with Crippen LogP contribution in [0.15, 0.2) is 36.4 Å². The Balaban J connectivity index is 2.25. The minimum atomic E-state index is 0.490. The molecule has 1 aromatic heterocycles. The third-order valence-electron chi connectivity index (χ3n) is 5.21. The summed E-state index contributed by atoms with van der Waals surface area (Å²) in [6.07, 6.45) is 4.11. The Labute approximate surface area is 165 Å². The van der Waals surface area contributed by atoms with E-state index in [0.717, 1.165) is 36.9 Å². The van der Waals surface area contributed by atoms with Crippen LogP contribution < -0.4 is 5.73 Å². The monoisotopic (exact) mass is 388 g/mol. The number of fused-ring (bicyclic) bond motifs is 1. The minimum absolute atomic E-state index is 0.490. The third kappa shape index (κ3) is 3.64. The highest BCUT2D eigenvalue weighted by molar-refractivity contribution is 6.39. The van der Waals surface area contributed by atoms with Crippen LogP contribution in [-0.2, 0) is 6.42 Å². The van der Waals surface area contributed by atoms with Crippen molar-refractivity contribution in [2.45, 2.75) is 45.4 Å². The molecule has 26 heavy (non-hydrogen) atoms. The van der Waals surface area contributed by atoms with Crippen LogP contribution in [0.2, 0.25) is 10.0 Å². The van der Waals surface area contributed by atoms with Crippen molar-refractivity contribution in [1.82, 2.24) is 4.98 Å². The Morgan fingerprint density at radius 1 is 1.04 bits per heavy atom. The zero-order chi connectivity index (χ0) is 18.7. The van der Waals surface area contributed by atoms with Crippen LogP contribution >= 0.6 is 23.2 Å². The summed E-state index contributed by atoms with van der Waals surface area (Å²) in [6, 6.07) is 12.2. The molecule has 0 amide bonds. The summed E-state index contributed by atoms with van der Waals surface area (Å²) in [5.74, 6) is 0.490. The number of hydrogen-bond acceptors (Lipinski definition) is 1. The summed E-state index contributed by atoms with van der Waals surface area (Å²) < 4.78 is 0. The first-order valence-corrected chi connectivity index (χ1v) is 10.1. The van der Waals surface area contributed by atoms with Gasteiger partial charge in [-0.05, 0) is 61.4 Å². The molecule has 1 heterocycles. The summed E-state index contributed by atoms with van der Waals surface area (Å²) in [6.45, 7) is 5.20. The quantitative estimate of drug-likeness (QED) is 0.422. The molecule has 138 valence electrons. The average Bonchev–Trinajstić information content (AvgIpc) is 2.99. The zero-order valence-electron chi connectivity index (χ0n) is 15.4. The lowest BCUT2D eigenvalue weighted by Crippen LogP contribution is -1.99. The first-order valence-electron chi connectivity index (χ1n) is 9.36. The van der Waals surface area contributed by atoms with Gasteiger partial charge < -0.3 is 10.7 Å². The normalized spacial score (nSPS) is 12.7. The lowest BCUT2D eigenvalue weighted by molar-refractivity contribution is 0.738. The number of H-pyrrole nitrogens is 1. The fraction of sp³-hybridized carbons (Fsp3) is 0.364. The van der Waals surface area contributed by atoms with Crippen molar-refractivity contribution in [1.29, 1.82) is 0 Å². The first kappa shape index (κ1) is 19.3. The predicted octanol–water partition coefficient (Wildman–Crippen LogP) is 6.94. The topological polar surface area (TPSA) is 41.8 Å². The van der Waals surface area contributed by atoms with Gasteiger partial charge in [-0.15, -0.1) is 0 Å². The van der Waals surface area contributed by atoms with E-state index in [9.17, 15) is 0 Å². The van der Waals surface area contributed by atoms with E-state index in [1.165, 1.54) is 22.0 Å². The Morgan fingerprint density at radius 2 is 1.73 bits per heavy atom. The van der Waals surface area contributed by atoms with Crippen LogP contribution in [-0.4, -0.2) is 11.5 Å². The van der Waals surface area contributed by atoms with Crippen LogP contribution in [0, 0.1) is 0 Å². The number of benzene rings is 2. The second kappa shape index (κ2) is 8.47. The number of hydrogen-bond donors (Lipinski definition) is 2. The number of aromatic amines is 1. The standard InChI is InChI=1S/C22H26Cl2N2/c1-3-14(2)15-9-6-10-16-17(8-4-5-13-25)22(26-21(15)16)20-18(23)11-7-12-19(20)24/h6-7,9-12,14,26H,3-5,8,13,25H2,1-2H3. The van der Waals surface area contributed by atoms with Crippen LogP contribution in [0.4, 0.5) is 0 Å². The molecule has 3 aromatic rings. The molecule has 1 unspecified atom stereocenters. The largest absolute Gasteiger partial charge is 0.354 e. The number of aromatic nitrogens is 1. The number of halogens is 2. The summed E-state index contributed by atoms with van der Waals surface area (Å²) in [4.78, 5) is 3.67. The summed E-state index contributed by atoms with van der Waals surface area (Å²) >= 11 is 13.1. The molecule has 0 aliphatic heterocycles. The Morgan fingerprint density at radius 3 is 2.38 bits per heavy atom. The van der Waals surface area contributed by atoms with Gasteiger partial charge in [-0.1, -0.05) is 61.3 Å². The van der Waals surface area contributed by atoms with Crippen molar-refractivity contribution >= 4 is 34.1 Å². The lowest BCUT2D eigenvalue weighted by atomic mass is 9.94. The molecule has 3 N–H and O–H groups in total. The maximum absolute atomic E-state index is 6.53. The van der Waals surface area contributed by atoms with Gasteiger partial charge in [0.2, 0.25) is 0 Å². The zero-order valence-corrected chi connectivity index (χ0v) is 16.9. The van der Waals surface area contributed by atoms with Crippen molar-refractivity contribution in [3.05, 3.63) is 57.6 Å². The second-order valence-electron chi connectivity index (χ2n) is 6.90. The molecule has 2 aromatic carbocycles. The summed E-state index contributed by atoms with van der Waals surface area (Å²) in [5.41, 5.74) is 11.5. The van der Waals surface area contributed by atoms with E-state index in [1.807, 2.05) is 18.2 Å². The van der Waals surface area contributed by atoms with Crippen molar-refractivity contribution in [2.75, 3.05) is 6.54 Å².